The van der Waals surface area contributed by atoms with E-state index in [0.717, 1.165) is 12.1 Å². The van der Waals surface area contributed by atoms with Crippen LogP contribution >= 0.6 is 0 Å². The summed E-state index contributed by atoms with van der Waals surface area (Å²) in [6.07, 6.45) is -8.50. The average molecular weight is 480 g/mol. The molecule has 9 N–H and O–H groups in total. The second-order valence-corrected chi connectivity index (χ2v) is 7.58. The normalized spacial score (nSPS) is 24.9. The largest absolute Gasteiger partial charge is 0.507 e. The third-order valence-electron chi connectivity index (χ3n) is 5.38. The fourth-order valence-electron chi connectivity index (χ4n) is 3.56. The summed E-state index contributed by atoms with van der Waals surface area (Å²) in [4.78, 5) is 12.8. The van der Waals surface area contributed by atoms with E-state index in [9.17, 15) is 50.8 Å². The molecule has 0 amide bonds. The van der Waals surface area contributed by atoms with E-state index in [1.807, 2.05) is 0 Å². The summed E-state index contributed by atoms with van der Waals surface area (Å²) in [6, 6.07) is 3.92. The monoisotopic (exact) mass is 480 g/mol. The summed E-state index contributed by atoms with van der Waals surface area (Å²) >= 11 is 0. The molecule has 34 heavy (non-hydrogen) atoms. The van der Waals surface area contributed by atoms with Crippen molar-refractivity contribution in [2.24, 2.45) is 0 Å². The van der Waals surface area contributed by atoms with E-state index in [4.69, 9.17) is 13.9 Å². The maximum atomic E-state index is 12.8. The predicted molar refractivity (Wildman–Crippen MR) is 111 cm³/mol. The highest BCUT2D eigenvalue weighted by Gasteiger charge is 2.45. The molecular weight excluding hydrogens is 460 g/mol. The highest BCUT2D eigenvalue weighted by molar-refractivity contribution is 5.93. The van der Waals surface area contributed by atoms with Crippen LogP contribution in [0.5, 0.6) is 34.5 Å². The summed E-state index contributed by atoms with van der Waals surface area (Å²) in [7, 11) is 0. The molecule has 3 aromatic rings. The number of hydrogen-bond acceptors (Lipinski definition) is 13. The number of hydrogen-bond donors (Lipinski definition) is 9. The third kappa shape index (κ3) is 3.70. The van der Waals surface area contributed by atoms with E-state index in [0.29, 0.717) is 6.07 Å². The summed E-state index contributed by atoms with van der Waals surface area (Å²) in [5.74, 6) is -4.84. The minimum atomic E-state index is -1.88. The Morgan fingerprint density at radius 1 is 0.853 bits per heavy atom. The van der Waals surface area contributed by atoms with Gasteiger partial charge in [0.25, 0.3) is 0 Å². The lowest BCUT2D eigenvalue weighted by Gasteiger charge is -2.39. The Morgan fingerprint density at radius 2 is 1.56 bits per heavy atom. The quantitative estimate of drug-likeness (QED) is 0.208. The van der Waals surface area contributed by atoms with Crippen LogP contribution in [0.2, 0.25) is 0 Å². The number of aromatic hydroxyl groups is 5. The molecule has 2 heterocycles. The van der Waals surface area contributed by atoms with Crippen molar-refractivity contribution in [1.29, 1.82) is 0 Å². The Labute approximate surface area is 189 Å². The standard InChI is InChI=1S/C21H20O13/c22-5-11-13(27)15(29)17(31)21(32-11)34-19-10(26)4-9(25)12-14(28)16(30)18(33-20(12)19)6-1-2-7(23)8(24)3-6/h1-4,11,13,15,17,21-27,29-31H,5H2/t11-,13-,15+,17-,21-/m1/s1. The van der Waals surface area contributed by atoms with E-state index >= 15 is 0 Å². The number of aliphatic hydroxyl groups excluding tert-OH is 4. The van der Waals surface area contributed by atoms with Gasteiger partial charge >= 0.3 is 0 Å². The van der Waals surface area contributed by atoms with Crippen LogP contribution in [-0.2, 0) is 4.74 Å². The summed E-state index contributed by atoms with van der Waals surface area (Å²) in [5, 5.41) is 89.0. The van der Waals surface area contributed by atoms with Gasteiger partial charge in [0, 0.05) is 11.6 Å². The predicted octanol–water partition coefficient (Wildman–Crippen LogP) is -0.833. The number of phenols is 4. The van der Waals surface area contributed by atoms with Gasteiger partial charge in [-0.05, 0) is 18.2 Å². The molecule has 182 valence electrons. The minimum Gasteiger partial charge on any atom is -0.507 e. The molecule has 1 aliphatic heterocycles. The lowest BCUT2D eigenvalue weighted by atomic mass is 9.99. The van der Waals surface area contributed by atoms with E-state index < -0.39 is 94.0 Å². The zero-order valence-corrected chi connectivity index (χ0v) is 17.1. The Bertz CT molecular complexity index is 1300. The molecule has 0 spiro atoms. The number of aliphatic hydroxyl groups is 4. The molecule has 2 aromatic carbocycles. The Kier molecular flexibility index (Phi) is 5.89. The first-order valence-electron chi connectivity index (χ1n) is 9.79. The zero-order chi connectivity index (χ0) is 24.9. The van der Waals surface area contributed by atoms with Crippen LogP contribution in [-0.4, -0.2) is 83.3 Å². The maximum absolute atomic E-state index is 12.8. The first-order chi connectivity index (χ1) is 16.0. The Balaban J connectivity index is 1.89. The molecule has 5 atom stereocenters. The summed E-state index contributed by atoms with van der Waals surface area (Å²) < 4.78 is 16.2. The Morgan fingerprint density at radius 3 is 2.21 bits per heavy atom. The molecule has 1 fully saturated rings. The van der Waals surface area contributed by atoms with Crippen LogP contribution < -0.4 is 10.2 Å². The number of fused-ring (bicyclic) bond motifs is 1. The maximum Gasteiger partial charge on any atom is 0.238 e. The second-order valence-electron chi connectivity index (χ2n) is 7.58. The number of rotatable bonds is 4. The lowest BCUT2D eigenvalue weighted by Crippen LogP contribution is -2.60. The second kappa shape index (κ2) is 8.55. The zero-order valence-electron chi connectivity index (χ0n) is 17.1. The fourth-order valence-corrected chi connectivity index (χ4v) is 3.56. The average Bonchev–Trinajstić information content (AvgIpc) is 2.80. The minimum absolute atomic E-state index is 0.0755. The molecule has 0 aliphatic carbocycles. The van der Waals surface area contributed by atoms with Gasteiger partial charge in [-0.15, -0.1) is 0 Å². The van der Waals surface area contributed by atoms with Gasteiger partial charge in [-0.25, -0.2) is 0 Å². The highest BCUT2D eigenvalue weighted by Crippen LogP contribution is 2.44. The highest BCUT2D eigenvalue weighted by atomic mass is 16.7. The molecule has 1 aliphatic rings. The van der Waals surface area contributed by atoms with Crippen molar-refractivity contribution >= 4 is 11.0 Å². The van der Waals surface area contributed by atoms with E-state index in [2.05, 4.69) is 0 Å². The van der Waals surface area contributed by atoms with Gasteiger partial charge in [-0.3, -0.25) is 4.79 Å². The van der Waals surface area contributed by atoms with Crippen molar-refractivity contribution < 1.29 is 59.8 Å². The molecule has 1 saturated heterocycles. The van der Waals surface area contributed by atoms with Crippen LogP contribution in [0.1, 0.15) is 0 Å². The van der Waals surface area contributed by atoms with Crippen molar-refractivity contribution in [2.45, 2.75) is 30.7 Å². The van der Waals surface area contributed by atoms with Crippen LogP contribution in [0, 0.1) is 0 Å². The van der Waals surface area contributed by atoms with Crippen molar-refractivity contribution in [3.63, 3.8) is 0 Å². The van der Waals surface area contributed by atoms with Gasteiger partial charge < -0.3 is 59.8 Å². The topological polar surface area (TPSA) is 231 Å². The van der Waals surface area contributed by atoms with Gasteiger partial charge in [0.15, 0.2) is 28.6 Å². The molecule has 1 aromatic heterocycles. The molecular formula is C21H20O13. The van der Waals surface area contributed by atoms with Crippen LogP contribution in [0.3, 0.4) is 0 Å². The first kappa shape index (κ1) is 23.4. The SMILES string of the molecule is O=c1c(O)c(-c2ccc(O)c(O)c2)oc2c(O[C@H]3O[C@H](CO)[C@@H](O)[C@H](O)[C@H]3O)c(O)cc(O)c12. The Hall–Kier alpha value is -3.75. The summed E-state index contributed by atoms with van der Waals surface area (Å²) in [6.45, 7) is -0.759. The summed E-state index contributed by atoms with van der Waals surface area (Å²) in [5.41, 5.74) is -1.84. The van der Waals surface area contributed by atoms with E-state index in [-0.39, 0.29) is 5.56 Å². The number of ether oxygens (including phenoxy) is 2. The molecule has 0 saturated carbocycles. The van der Waals surface area contributed by atoms with Crippen LogP contribution in [0.4, 0.5) is 0 Å². The fraction of sp³-hybridized carbons (Fsp3) is 0.286. The molecule has 4 rings (SSSR count). The van der Waals surface area contributed by atoms with Crippen molar-refractivity contribution in [3.05, 3.63) is 34.5 Å². The molecule has 13 heteroatoms. The van der Waals surface area contributed by atoms with E-state index in [1.165, 1.54) is 6.07 Å². The molecule has 0 unspecified atom stereocenters. The van der Waals surface area contributed by atoms with E-state index in [1.54, 1.807) is 0 Å². The van der Waals surface area contributed by atoms with Crippen molar-refractivity contribution in [2.75, 3.05) is 6.61 Å². The van der Waals surface area contributed by atoms with Gasteiger partial charge in [-0.1, -0.05) is 0 Å². The lowest BCUT2D eigenvalue weighted by molar-refractivity contribution is -0.277. The van der Waals surface area contributed by atoms with Crippen molar-refractivity contribution in [3.8, 4) is 45.8 Å². The van der Waals surface area contributed by atoms with Gasteiger partial charge in [-0.2, -0.15) is 0 Å². The third-order valence-corrected chi connectivity index (χ3v) is 5.38. The van der Waals surface area contributed by atoms with Gasteiger partial charge in [0.05, 0.1) is 6.61 Å². The van der Waals surface area contributed by atoms with Gasteiger partial charge in [0.2, 0.25) is 23.2 Å². The smallest absolute Gasteiger partial charge is 0.238 e. The molecule has 0 radical (unpaired) electrons. The number of phenolic OH excluding ortho intramolecular Hbond substituents is 4. The first-order valence-corrected chi connectivity index (χ1v) is 9.79. The van der Waals surface area contributed by atoms with Crippen LogP contribution in [0.15, 0.2) is 33.5 Å². The molecule has 13 nitrogen and oxygen atoms in total. The number of benzene rings is 2. The van der Waals surface area contributed by atoms with Gasteiger partial charge in [0.1, 0.15) is 35.6 Å². The molecule has 0 bridgehead atoms. The van der Waals surface area contributed by atoms with Crippen molar-refractivity contribution in [1.82, 2.24) is 0 Å². The van der Waals surface area contributed by atoms with Crippen LogP contribution in [0.25, 0.3) is 22.3 Å².